The van der Waals surface area contributed by atoms with Gasteiger partial charge in [0.2, 0.25) is 0 Å². The van der Waals surface area contributed by atoms with Crippen molar-refractivity contribution in [2.24, 2.45) is 0 Å². The number of benzene rings is 1. The molecule has 0 spiro atoms. The topological polar surface area (TPSA) is 46.0 Å². The van der Waals surface area contributed by atoms with Crippen LogP contribution in [-0.2, 0) is 6.54 Å². The van der Waals surface area contributed by atoms with Crippen LogP contribution in [0.3, 0.4) is 0 Å². The minimum absolute atomic E-state index is 0.890. The average molecular weight is 322 g/mol. The quantitative estimate of drug-likeness (QED) is 0.929. The fourth-order valence-corrected chi connectivity index (χ4v) is 2.67. The molecule has 0 radical (unpaired) electrons. The summed E-state index contributed by atoms with van der Waals surface area (Å²) in [7, 11) is 0. The van der Waals surface area contributed by atoms with Crippen LogP contribution < -0.4 is 5.32 Å². The maximum absolute atomic E-state index is 4.20. The van der Waals surface area contributed by atoms with Gasteiger partial charge in [-0.25, -0.2) is 4.68 Å². The van der Waals surface area contributed by atoms with Gasteiger partial charge >= 0.3 is 0 Å². The fourth-order valence-electron chi connectivity index (χ4n) is 2.29. The first-order chi connectivity index (χ1) is 9.33. The Morgan fingerprint density at radius 2 is 2.11 bits per heavy atom. The first-order valence-electron chi connectivity index (χ1n) is 6.41. The lowest BCUT2D eigenvalue weighted by molar-refractivity contribution is 0.229. The van der Waals surface area contributed by atoms with Crippen LogP contribution in [-0.4, -0.2) is 46.1 Å². The summed E-state index contributed by atoms with van der Waals surface area (Å²) < 4.78 is 2.96. The maximum Gasteiger partial charge on any atom is 0.0786 e. The molecule has 2 heterocycles. The normalized spacial score (nSPS) is 16.7. The summed E-state index contributed by atoms with van der Waals surface area (Å²) in [6.07, 6.45) is 1.85. The molecule has 6 heteroatoms. The molecule has 1 fully saturated rings. The molecule has 5 nitrogen and oxygen atoms in total. The number of piperazine rings is 1. The lowest BCUT2D eigenvalue weighted by Crippen LogP contribution is -2.43. The highest BCUT2D eigenvalue weighted by molar-refractivity contribution is 9.10. The molecule has 19 heavy (non-hydrogen) atoms. The van der Waals surface area contributed by atoms with Crippen molar-refractivity contribution in [3.63, 3.8) is 0 Å². The average Bonchev–Trinajstić information content (AvgIpc) is 2.88. The van der Waals surface area contributed by atoms with Gasteiger partial charge in [0, 0.05) is 37.2 Å². The number of hydrogen-bond acceptors (Lipinski definition) is 4. The molecule has 100 valence electrons. The third-order valence-corrected chi connectivity index (χ3v) is 3.76. The zero-order chi connectivity index (χ0) is 13.1. The van der Waals surface area contributed by atoms with Crippen LogP contribution in [0.15, 0.2) is 34.9 Å². The molecule has 1 aromatic heterocycles. The number of aromatic nitrogens is 3. The van der Waals surface area contributed by atoms with Crippen molar-refractivity contribution in [2.45, 2.75) is 6.54 Å². The standard InChI is InChI=1S/C13H16BrN5/c14-11-2-1-3-12(8-11)19-13(9-16-17-19)10-18-6-4-15-5-7-18/h1-3,8-9,15H,4-7,10H2. The minimum Gasteiger partial charge on any atom is -0.314 e. The highest BCUT2D eigenvalue weighted by Gasteiger charge is 2.14. The number of rotatable bonds is 3. The van der Waals surface area contributed by atoms with Gasteiger partial charge in [0.05, 0.1) is 17.6 Å². The van der Waals surface area contributed by atoms with Crippen molar-refractivity contribution in [1.82, 2.24) is 25.2 Å². The molecule has 1 aliphatic heterocycles. The summed E-state index contributed by atoms with van der Waals surface area (Å²) in [5.74, 6) is 0. The SMILES string of the molecule is Brc1cccc(-n2nncc2CN2CCNCC2)c1. The fraction of sp³-hybridized carbons (Fsp3) is 0.385. The molecule has 0 unspecified atom stereocenters. The van der Waals surface area contributed by atoms with Gasteiger partial charge in [0.25, 0.3) is 0 Å². The first kappa shape index (κ1) is 12.8. The van der Waals surface area contributed by atoms with Crippen LogP contribution in [0.2, 0.25) is 0 Å². The Labute approximate surface area is 120 Å². The smallest absolute Gasteiger partial charge is 0.0786 e. The van der Waals surface area contributed by atoms with Gasteiger partial charge in [-0.05, 0) is 18.2 Å². The van der Waals surface area contributed by atoms with Crippen molar-refractivity contribution in [2.75, 3.05) is 26.2 Å². The molecule has 3 rings (SSSR count). The zero-order valence-electron chi connectivity index (χ0n) is 10.6. The zero-order valence-corrected chi connectivity index (χ0v) is 12.2. The van der Waals surface area contributed by atoms with E-state index in [1.54, 1.807) is 0 Å². The summed E-state index contributed by atoms with van der Waals surface area (Å²) in [5.41, 5.74) is 2.16. The lowest BCUT2D eigenvalue weighted by Gasteiger charge is -2.26. The third kappa shape index (κ3) is 3.02. The summed E-state index contributed by atoms with van der Waals surface area (Å²) in [6.45, 7) is 5.14. The molecule has 0 bridgehead atoms. The maximum atomic E-state index is 4.20. The van der Waals surface area contributed by atoms with Gasteiger partial charge in [0.1, 0.15) is 0 Å². The van der Waals surface area contributed by atoms with E-state index in [-0.39, 0.29) is 0 Å². The monoisotopic (exact) mass is 321 g/mol. The van der Waals surface area contributed by atoms with Gasteiger partial charge in [-0.1, -0.05) is 27.2 Å². The highest BCUT2D eigenvalue weighted by atomic mass is 79.9. The Morgan fingerprint density at radius 3 is 2.89 bits per heavy atom. The predicted molar refractivity (Wildman–Crippen MR) is 77.2 cm³/mol. The summed E-state index contributed by atoms with van der Waals surface area (Å²) in [5, 5.41) is 11.6. The molecular formula is C13H16BrN5. The molecule has 0 amide bonds. The highest BCUT2D eigenvalue weighted by Crippen LogP contribution is 2.16. The van der Waals surface area contributed by atoms with E-state index in [1.807, 2.05) is 29.1 Å². The minimum atomic E-state index is 0.890. The molecule has 1 aromatic carbocycles. The molecule has 0 saturated carbocycles. The van der Waals surface area contributed by atoms with Gasteiger partial charge in [-0.3, -0.25) is 4.90 Å². The van der Waals surface area contributed by atoms with E-state index < -0.39 is 0 Å². The van der Waals surface area contributed by atoms with Crippen LogP contribution in [0.4, 0.5) is 0 Å². The summed E-state index contributed by atoms with van der Waals surface area (Å²) >= 11 is 3.49. The van der Waals surface area contributed by atoms with Crippen molar-refractivity contribution >= 4 is 15.9 Å². The summed E-state index contributed by atoms with van der Waals surface area (Å²) in [6, 6.07) is 8.11. The van der Waals surface area contributed by atoms with Crippen LogP contribution in [0.5, 0.6) is 0 Å². The molecule has 1 aliphatic rings. The molecule has 1 N–H and O–H groups in total. The van der Waals surface area contributed by atoms with Crippen molar-refractivity contribution < 1.29 is 0 Å². The first-order valence-corrected chi connectivity index (χ1v) is 7.21. The van der Waals surface area contributed by atoms with Crippen molar-refractivity contribution in [3.05, 3.63) is 40.6 Å². The summed E-state index contributed by atoms with van der Waals surface area (Å²) in [4.78, 5) is 2.42. The number of hydrogen-bond donors (Lipinski definition) is 1. The Morgan fingerprint density at radius 1 is 1.26 bits per heavy atom. The van der Waals surface area contributed by atoms with Gasteiger partial charge in [-0.2, -0.15) is 0 Å². The Bertz CT molecular complexity index is 547. The molecule has 0 aliphatic carbocycles. The van der Waals surface area contributed by atoms with Crippen LogP contribution in [0.1, 0.15) is 5.69 Å². The third-order valence-electron chi connectivity index (χ3n) is 3.27. The second kappa shape index (κ2) is 5.81. The molecule has 1 saturated heterocycles. The Kier molecular flexibility index (Phi) is 3.91. The van der Waals surface area contributed by atoms with E-state index in [4.69, 9.17) is 0 Å². The largest absolute Gasteiger partial charge is 0.314 e. The predicted octanol–water partition coefficient (Wildman–Crippen LogP) is 1.43. The lowest BCUT2D eigenvalue weighted by atomic mass is 10.3. The van der Waals surface area contributed by atoms with Crippen LogP contribution in [0.25, 0.3) is 5.69 Å². The number of nitrogens with zero attached hydrogens (tertiary/aromatic N) is 4. The van der Waals surface area contributed by atoms with E-state index in [0.717, 1.165) is 48.6 Å². The van der Waals surface area contributed by atoms with E-state index >= 15 is 0 Å². The second-order valence-electron chi connectivity index (χ2n) is 4.64. The second-order valence-corrected chi connectivity index (χ2v) is 5.56. The molecule has 0 atom stereocenters. The van der Waals surface area contributed by atoms with Gasteiger partial charge in [-0.15, -0.1) is 5.10 Å². The van der Waals surface area contributed by atoms with Crippen LogP contribution >= 0.6 is 15.9 Å². The van der Waals surface area contributed by atoms with Gasteiger partial charge < -0.3 is 5.32 Å². The van der Waals surface area contributed by atoms with Crippen LogP contribution in [0, 0.1) is 0 Å². The molecular weight excluding hydrogens is 306 g/mol. The van der Waals surface area contributed by atoms with E-state index in [1.165, 1.54) is 0 Å². The van der Waals surface area contributed by atoms with E-state index in [0.29, 0.717) is 0 Å². The van der Waals surface area contributed by atoms with E-state index in [9.17, 15) is 0 Å². The van der Waals surface area contributed by atoms with E-state index in [2.05, 4.69) is 42.5 Å². The van der Waals surface area contributed by atoms with Gasteiger partial charge in [0.15, 0.2) is 0 Å². The van der Waals surface area contributed by atoms with Crippen molar-refractivity contribution in [3.8, 4) is 5.69 Å². The Hall–Kier alpha value is -1.24. The number of halogens is 1. The number of nitrogens with one attached hydrogen (secondary N) is 1. The molecule has 2 aromatic rings. The van der Waals surface area contributed by atoms with Crippen molar-refractivity contribution in [1.29, 1.82) is 0 Å². The Balaban J connectivity index is 1.81.